The lowest BCUT2D eigenvalue weighted by molar-refractivity contribution is 0.626. The predicted molar refractivity (Wildman–Crippen MR) is 38.7 cm³/mol. The molecule has 10 heavy (non-hydrogen) atoms. The molecule has 0 aliphatic heterocycles. The number of aromatic nitrogens is 2. The monoisotopic (exact) mass is 135 g/mol. The second kappa shape index (κ2) is 2.11. The summed E-state index contributed by atoms with van der Waals surface area (Å²) in [5, 5.41) is 4.09. The molecule has 0 bridgehead atoms. The molecule has 1 aliphatic carbocycles. The van der Waals surface area contributed by atoms with Crippen LogP contribution < -0.4 is 0 Å². The smallest absolute Gasteiger partial charge is 0.116 e. The average molecular weight is 135 g/mol. The maximum absolute atomic E-state index is 4.09. The fraction of sp³-hybridized carbons (Fsp3) is 0.625. The van der Waals surface area contributed by atoms with Crippen LogP contribution in [-0.4, -0.2) is 9.78 Å². The molecule has 1 heterocycles. The first kappa shape index (κ1) is 5.96. The summed E-state index contributed by atoms with van der Waals surface area (Å²) in [6, 6.07) is 0. The van der Waals surface area contributed by atoms with E-state index in [1.807, 2.05) is 11.7 Å². The molecule has 0 fully saturated rings. The van der Waals surface area contributed by atoms with E-state index in [4.69, 9.17) is 0 Å². The van der Waals surface area contributed by atoms with Crippen LogP contribution in [0.3, 0.4) is 0 Å². The Kier molecular flexibility index (Phi) is 1.26. The number of hydrogen-bond acceptors (Lipinski definition) is 1. The van der Waals surface area contributed by atoms with Gasteiger partial charge in [-0.1, -0.05) is 0 Å². The minimum absolute atomic E-state index is 1.18. The van der Waals surface area contributed by atoms with E-state index in [2.05, 4.69) is 11.3 Å². The van der Waals surface area contributed by atoms with Crippen LogP contribution >= 0.6 is 0 Å². The summed E-state index contributed by atoms with van der Waals surface area (Å²) in [7, 11) is 2.00. The van der Waals surface area contributed by atoms with Gasteiger partial charge in [-0.15, -0.1) is 0 Å². The summed E-state index contributed by atoms with van der Waals surface area (Å²) in [5.41, 5.74) is 2.74. The molecule has 0 amide bonds. The standard InChI is InChI=1S/C8H11N2/c1-10-8-5-3-2-4-7(8)6-9-10/h2-5H2,1H3. The van der Waals surface area contributed by atoms with Gasteiger partial charge in [0.05, 0.1) is 0 Å². The molecule has 2 heteroatoms. The van der Waals surface area contributed by atoms with Gasteiger partial charge in [-0.25, -0.2) is 0 Å². The molecule has 53 valence electrons. The first-order chi connectivity index (χ1) is 4.88. The topological polar surface area (TPSA) is 17.8 Å². The number of rotatable bonds is 0. The maximum Gasteiger partial charge on any atom is 0.116 e. The molecule has 0 unspecified atom stereocenters. The lowest BCUT2D eigenvalue weighted by atomic mass is 9.98. The van der Waals surface area contributed by atoms with Gasteiger partial charge in [0.1, 0.15) is 6.20 Å². The third-order valence-corrected chi connectivity index (χ3v) is 2.16. The number of nitrogens with zero attached hydrogens (tertiary/aromatic N) is 2. The van der Waals surface area contributed by atoms with E-state index in [-0.39, 0.29) is 0 Å². The van der Waals surface area contributed by atoms with E-state index in [0.717, 1.165) is 0 Å². The van der Waals surface area contributed by atoms with Crippen LogP contribution in [0, 0.1) is 6.20 Å². The Morgan fingerprint density at radius 3 is 3.00 bits per heavy atom. The quantitative estimate of drug-likeness (QED) is 0.521. The second-order valence-corrected chi connectivity index (χ2v) is 2.87. The van der Waals surface area contributed by atoms with E-state index in [1.165, 1.54) is 36.9 Å². The summed E-state index contributed by atoms with van der Waals surface area (Å²) in [4.78, 5) is 0. The van der Waals surface area contributed by atoms with Crippen molar-refractivity contribution in [1.29, 1.82) is 0 Å². The van der Waals surface area contributed by atoms with Crippen molar-refractivity contribution in [1.82, 2.24) is 9.78 Å². The van der Waals surface area contributed by atoms with Crippen LogP contribution in [0.25, 0.3) is 0 Å². The van der Waals surface area contributed by atoms with Crippen molar-refractivity contribution < 1.29 is 0 Å². The Balaban J connectivity index is 2.45. The Hall–Kier alpha value is -0.790. The molecular formula is C8H11N2. The number of hydrogen-bond donors (Lipinski definition) is 0. The van der Waals surface area contributed by atoms with Gasteiger partial charge < -0.3 is 0 Å². The van der Waals surface area contributed by atoms with Gasteiger partial charge in [-0.3, -0.25) is 4.68 Å². The fourth-order valence-corrected chi connectivity index (χ4v) is 1.56. The van der Waals surface area contributed by atoms with E-state index in [9.17, 15) is 0 Å². The Morgan fingerprint density at radius 2 is 2.20 bits per heavy atom. The van der Waals surface area contributed by atoms with Crippen molar-refractivity contribution in [3.8, 4) is 0 Å². The molecule has 0 atom stereocenters. The summed E-state index contributed by atoms with van der Waals surface area (Å²) < 4.78 is 1.95. The van der Waals surface area contributed by atoms with Gasteiger partial charge in [-0.2, -0.15) is 5.10 Å². The highest BCUT2D eigenvalue weighted by Gasteiger charge is 2.12. The predicted octanol–water partition coefficient (Wildman–Crippen LogP) is 1.10. The largest absolute Gasteiger partial charge is 0.272 e. The zero-order valence-electron chi connectivity index (χ0n) is 6.22. The van der Waals surface area contributed by atoms with Crippen molar-refractivity contribution in [3.05, 3.63) is 17.5 Å². The Morgan fingerprint density at radius 1 is 1.40 bits per heavy atom. The van der Waals surface area contributed by atoms with Gasteiger partial charge in [0.25, 0.3) is 0 Å². The van der Waals surface area contributed by atoms with E-state index >= 15 is 0 Å². The van der Waals surface area contributed by atoms with Gasteiger partial charge in [0.15, 0.2) is 0 Å². The van der Waals surface area contributed by atoms with Crippen LogP contribution in [-0.2, 0) is 19.9 Å². The Bertz CT molecular complexity index is 237. The zero-order valence-corrected chi connectivity index (χ0v) is 6.22. The van der Waals surface area contributed by atoms with Crippen molar-refractivity contribution in [2.75, 3.05) is 0 Å². The van der Waals surface area contributed by atoms with Crippen LogP contribution in [0.1, 0.15) is 24.1 Å². The minimum atomic E-state index is 1.18. The lowest BCUT2D eigenvalue weighted by Crippen LogP contribution is -2.05. The third-order valence-electron chi connectivity index (χ3n) is 2.16. The zero-order chi connectivity index (χ0) is 6.97. The molecule has 0 saturated heterocycles. The van der Waals surface area contributed by atoms with Crippen LogP contribution in [0.4, 0.5) is 0 Å². The van der Waals surface area contributed by atoms with Gasteiger partial charge >= 0.3 is 0 Å². The van der Waals surface area contributed by atoms with Crippen molar-refractivity contribution in [3.63, 3.8) is 0 Å². The highest BCUT2D eigenvalue weighted by atomic mass is 15.3. The first-order valence-electron chi connectivity index (χ1n) is 3.80. The average Bonchev–Trinajstić information content (AvgIpc) is 2.34. The first-order valence-corrected chi connectivity index (χ1v) is 3.80. The van der Waals surface area contributed by atoms with Crippen molar-refractivity contribution in [2.45, 2.75) is 25.7 Å². The summed E-state index contributed by atoms with van der Waals surface area (Å²) >= 11 is 0. The Labute approximate surface area is 60.9 Å². The van der Waals surface area contributed by atoms with Crippen LogP contribution in [0.2, 0.25) is 0 Å². The highest BCUT2D eigenvalue weighted by Crippen LogP contribution is 2.18. The summed E-state index contributed by atoms with van der Waals surface area (Å²) in [6.07, 6.45) is 8.05. The van der Waals surface area contributed by atoms with E-state index < -0.39 is 0 Å². The summed E-state index contributed by atoms with van der Waals surface area (Å²) in [5.74, 6) is 0. The normalized spacial score (nSPS) is 16.9. The lowest BCUT2D eigenvalue weighted by Gasteiger charge is -2.10. The molecule has 1 radical (unpaired) electrons. The third kappa shape index (κ3) is 0.753. The molecule has 0 aromatic carbocycles. The number of aryl methyl sites for hydroxylation is 2. The summed E-state index contributed by atoms with van der Waals surface area (Å²) in [6.45, 7) is 0. The molecule has 0 spiro atoms. The van der Waals surface area contributed by atoms with Gasteiger partial charge in [0.2, 0.25) is 0 Å². The maximum atomic E-state index is 4.09. The number of fused-ring (bicyclic) bond motifs is 1. The fourth-order valence-electron chi connectivity index (χ4n) is 1.56. The molecular weight excluding hydrogens is 124 g/mol. The molecule has 0 saturated carbocycles. The van der Waals surface area contributed by atoms with Gasteiger partial charge in [0, 0.05) is 18.3 Å². The van der Waals surface area contributed by atoms with E-state index in [0.29, 0.717) is 0 Å². The molecule has 2 rings (SSSR count). The van der Waals surface area contributed by atoms with Crippen molar-refractivity contribution in [2.24, 2.45) is 7.05 Å². The molecule has 1 aliphatic rings. The van der Waals surface area contributed by atoms with Crippen LogP contribution in [0.15, 0.2) is 0 Å². The molecule has 2 nitrogen and oxygen atoms in total. The second-order valence-electron chi connectivity index (χ2n) is 2.87. The molecule has 1 aromatic heterocycles. The SMILES string of the molecule is Cn1n[c]c2c1CCCC2. The van der Waals surface area contributed by atoms with Crippen LogP contribution in [0.5, 0.6) is 0 Å². The van der Waals surface area contributed by atoms with Gasteiger partial charge in [-0.05, 0) is 25.7 Å². The van der Waals surface area contributed by atoms with Crippen molar-refractivity contribution >= 4 is 0 Å². The highest BCUT2D eigenvalue weighted by molar-refractivity contribution is 5.18. The molecule has 1 aromatic rings. The molecule has 0 N–H and O–H groups in total. The minimum Gasteiger partial charge on any atom is -0.272 e. The van der Waals surface area contributed by atoms with E-state index in [1.54, 1.807) is 0 Å².